The van der Waals surface area contributed by atoms with E-state index in [-0.39, 0.29) is 0 Å². The summed E-state index contributed by atoms with van der Waals surface area (Å²) in [5, 5.41) is 7.98. The number of nitrogens with one attached hydrogen (secondary N) is 1. The second kappa shape index (κ2) is 9.22. The Kier molecular flexibility index (Phi) is 7.29. The molecule has 0 spiro atoms. The molecule has 1 saturated heterocycles. The number of hydrogen-bond donors (Lipinski definition) is 1. The maximum atomic E-state index is 4.92. The minimum Gasteiger partial charge on any atom is -0.357 e. The van der Waals surface area contributed by atoms with Gasteiger partial charge >= 0.3 is 0 Å². The van der Waals surface area contributed by atoms with Gasteiger partial charge in [-0.05, 0) is 46.2 Å². The lowest BCUT2D eigenvalue weighted by Gasteiger charge is -2.24. The Bertz CT molecular complexity index is 573. The SMILES string of the molecule is CCNC(=NCc1c(C)nn(C)c1C)N1CCC(CN(CC)CC)C1. The van der Waals surface area contributed by atoms with Crippen LogP contribution in [0.25, 0.3) is 0 Å². The number of aliphatic imine (C=N–C) groups is 1. The molecule has 1 aliphatic heterocycles. The van der Waals surface area contributed by atoms with Gasteiger partial charge in [-0.1, -0.05) is 13.8 Å². The fourth-order valence-corrected chi connectivity index (χ4v) is 3.65. The molecule has 2 heterocycles. The Labute approximate surface area is 153 Å². The number of aromatic nitrogens is 2. The van der Waals surface area contributed by atoms with Crippen LogP contribution in [0.5, 0.6) is 0 Å². The third-order valence-electron chi connectivity index (χ3n) is 5.38. The Hall–Kier alpha value is -1.56. The number of rotatable bonds is 7. The highest BCUT2D eigenvalue weighted by Crippen LogP contribution is 2.19. The number of likely N-dealkylation sites (tertiary alicyclic amines) is 1. The molecule has 0 bridgehead atoms. The fourth-order valence-electron chi connectivity index (χ4n) is 3.65. The van der Waals surface area contributed by atoms with Crippen molar-refractivity contribution in [3.05, 3.63) is 17.0 Å². The van der Waals surface area contributed by atoms with Gasteiger partial charge in [0.2, 0.25) is 0 Å². The Morgan fingerprint density at radius 2 is 2.00 bits per heavy atom. The van der Waals surface area contributed by atoms with Crippen LogP contribution in [-0.2, 0) is 13.6 Å². The molecular weight excluding hydrogens is 312 g/mol. The average Bonchev–Trinajstić information content (AvgIpc) is 3.15. The van der Waals surface area contributed by atoms with Crippen LogP contribution in [0.3, 0.4) is 0 Å². The quantitative estimate of drug-likeness (QED) is 0.606. The summed E-state index contributed by atoms with van der Waals surface area (Å²) in [6, 6.07) is 0. The van der Waals surface area contributed by atoms with Crippen LogP contribution < -0.4 is 5.32 Å². The molecule has 142 valence electrons. The van der Waals surface area contributed by atoms with Crippen molar-refractivity contribution in [2.24, 2.45) is 18.0 Å². The molecule has 6 nitrogen and oxygen atoms in total. The van der Waals surface area contributed by atoms with E-state index in [1.54, 1.807) is 0 Å². The molecule has 1 unspecified atom stereocenters. The van der Waals surface area contributed by atoms with E-state index in [9.17, 15) is 0 Å². The van der Waals surface area contributed by atoms with E-state index in [0.717, 1.165) is 50.3 Å². The number of nitrogens with zero attached hydrogens (tertiary/aromatic N) is 5. The van der Waals surface area contributed by atoms with Crippen LogP contribution in [0.15, 0.2) is 4.99 Å². The number of guanidine groups is 1. The molecule has 0 aliphatic carbocycles. The second-order valence-corrected chi connectivity index (χ2v) is 7.03. The lowest BCUT2D eigenvalue weighted by Crippen LogP contribution is -2.40. The van der Waals surface area contributed by atoms with Gasteiger partial charge in [0.1, 0.15) is 0 Å². The van der Waals surface area contributed by atoms with Crippen molar-refractivity contribution in [3.63, 3.8) is 0 Å². The molecule has 0 saturated carbocycles. The zero-order valence-corrected chi connectivity index (χ0v) is 17.0. The molecule has 0 amide bonds. The van der Waals surface area contributed by atoms with E-state index >= 15 is 0 Å². The van der Waals surface area contributed by atoms with E-state index in [0.29, 0.717) is 6.54 Å². The zero-order chi connectivity index (χ0) is 18.4. The highest BCUT2D eigenvalue weighted by atomic mass is 15.3. The first-order valence-corrected chi connectivity index (χ1v) is 9.74. The molecular formula is C19H36N6. The Morgan fingerprint density at radius 1 is 1.28 bits per heavy atom. The fraction of sp³-hybridized carbons (Fsp3) is 0.789. The first-order valence-electron chi connectivity index (χ1n) is 9.74. The van der Waals surface area contributed by atoms with Gasteiger partial charge in [-0.25, -0.2) is 4.99 Å². The van der Waals surface area contributed by atoms with Gasteiger partial charge in [0.15, 0.2) is 5.96 Å². The molecule has 2 rings (SSSR count). The largest absolute Gasteiger partial charge is 0.357 e. The monoisotopic (exact) mass is 348 g/mol. The summed E-state index contributed by atoms with van der Waals surface area (Å²) in [5.41, 5.74) is 3.54. The molecule has 1 aromatic rings. The van der Waals surface area contributed by atoms with Crippen molar-refractivity contribution in [2.75, 3.05) is 39.3 Å². The molecule has 0 radical (unpaired) electrons. The minimum absolute atomic E-state index is 0.699. The third-order valence-corrected chi connectivity index (χ3v) is 5.38. The van der Waals surface area contributed by atoms with Gasteiger partial charge in [-0.15, -0.1) is 0 Å². The second-order valence-electron chi connectivity index (χ2n) is 7.03. The molecule has 1 fully saturated rings. The van der Waals surface area contributed by atoms with E-state index in [1.165, 1.54) is 24.2 Å². The van der Waals surface area contributed by atoms with E-state index in [4.69, 9.17) is 4.99 Å². The van der Waals surface area contributed by atoms with Crippen LogP contribution in [0, 0.1) is 19.8 Å². The summed E-state index contributed by atoms with van der Waals surface area (Å²) < 4.78 is 1.95. The van der Waals surface area contributed by atoms with Crippen molar-refractivity contribution >= 4 is 5.96 Å². The van der Waals surface area contributed by atoms with Crippen LogP contribution >= 0.6 is 0 Å². The molecule has 1 atom stereocenters. The average molecular weight is 349 g/mol. The summed E-state index contributed by atoms with van der Waals surface area (Å²) >= 11 is 0. The summed E-state index contributed by atoms with van der Waals surface area (Å²) in [6.45, 7) is 18.1. The van der Waals surface area contributed by atoms with Crippen LogP contribution in [-0.4, -0.2) is 64.8 Å². The van der Waals surface area contributed by atoms with Crippen molar-refractivity contribution in [2.45, 2.75) is 47.6 Å². The van der Waals surface area contributed by atoms with Crippen molar-refractivity contribution in [1.29, 1.82) is 0 Å². The molecule has 0 aromatic carbocycles. The molecule has 6 heteroatoms. The summed E-state index contributed by atoms with van der Waals surface area (Å²) in [5.74, 6) is 1.79. The summed E-state index contributed by atoms with van der Waals surface area (Å²) in [4.78, 5) is 9.88. The van der Waals surface area contributed by atoms with Gasteiger partial charge in [-0.2, -0.15) is 5.10 Å². The predicted molar refractivity (Wildman–Crippen MR) is 105 cm³/mol. The Balaban J connectivity index is 2.03. The van der Waals surface area contributed by atoms with Crippen molar-refractivity contribution in [1.82, 2.24) is 24.9 Å². The number of aryl methyl sites for hydroxylation is 2. The van der Waals surface area contributed by atoms with Crippen molar-refractivity contribution < 1.29 is 0 Å². The van der Waals surface area contributed by atoms with E-state index < -0.39 is 0 Å². The maximum absolute atomic E-state index is 4.92. The molecule has 1 aliphatic rings. The van der Waals surface area contributed by atoms with Gasteiger partial charge < -0.3 is 15.1 Å². The van der Waals surface area contributed by atoms with E-state index in [2.05, 4.69) is 54.8 Å². The third kappa shape index (κ3) is 4.97. The molecule has 25 heavy (non-hydrogen) atoms. The van der Waals surface area contributed by atoms with Crippen LogP contribution in [0.1, 0.15) is 44.1 Å². The number of hydrogen-bond acceptors (Lipinski definition) is 3. The lowest BCUT2D eigenvalue weighted by atomic mass is 10.1. The first kappa shape index (κ1) is 19.8. The lowest BCUT2D eigenvalue weighted by molar-refractivity contribution is 0.255. The normalized spacial score (nSPS) is 18.4. The standard InChI is InChI=1S/C19H36N6/c1-7-20-19(21-12-18-15(4)22-23(6)16(18)5)25-11-10-17(14-25)13-24(8-2)9-3/h17H,7-14H2,1-6H3,(H,20,21). The first-order chi connectivity index (χ1) is 12.0. The van der Waals surface area contributed by atoms with Gasteiger partial charge in [0, 0.05) is 44.5 Å². The van der Waals surface area contributed by atoms with Crippen molar-refractivity contribution in [3.8, 4) is 0 Å². The zero-order valence-electron chi connectivity index (χ0n) is 17.0. The highest BCUT2D eigenvalue weighted by molar-refractivity contribution is 5.80. The summed E-state index contributed by atoms with van der Waals surface area (Å²) in [6.07, 6.45) is 1.26. The highest BCUT2D eigenvalue weighted by Gasteiger charge is 2.26. The van der Waals surface area contributed by atoms with Gasteiger partial charge in [0.25, 0.3) is 0 Å². The minimum atomic E-state index is 0.699. The maximum Gasteiger partial charge on any atom is 0.194 e. The van der Waals surface area contributed by atoms with Gasteiger partial charge in [0.05, 0.1) is 12.2 Å². The predicted octanol–water partition coefficient (Wildman–Crippen LogP) is 2.17. The van der Waals surface area contributed by atoms with Crippen LogP contribution in [0.4, 0.5) is 0 Å². The Morgan fingerprint density at radius 3 is 2.56 bits per heavy atom. The topological polar surface area (TPSA) is 48.7 Å². The van der Waals surface area contributed by atoms with Gasteiger partial charge in [-0.3, -0.25) is 4.68 Å². The smallest absolute Gasteiger partial charge is 0.194 e. The van der Waals surface area contributed by atoms with E-state index in [1.807, 2.05) is 11.7 Å². The molecule has 1 N–H and O–H groups in total. The molecule has 1 aromatic heterocycles. The summed E-state index contributed by atoms with van der Waals surface area (Å²) in [7, 11) is 2.00. The van der Waals surface area contributed by atoms with Crippen LogP contribution in [0.2, 0.25) is 0 Å².